The molecule has 0 radical (unpaired) electrons. The van der Waals surface area contributed by atoms with Crippen LogP contribution in [0, 0.1) is 5.82 Å². The number of carboxylic acid groups (broad SMARTS) is 1. The number of hydrogen-bond acceptors (Lipinski definition) is 4. The molecule has 1 N–H and O–H groups in total. The molecule has 1 amide bonds. The van der Waals surface area contributed by atoms with Crippen LogP contribution in [0.4, 0.5) is 4.39 Å². The molecule has 0 unspecified atom stereocenters. The Morgan fingerprint density at radius 3 is 2.58 bits per heavy atom. The van der Waals surface area contributed by atoms with Crippen LogP contribution in [-0.2, 0) is 11.3 Å². The van der Waals surface area contributed by atoms with Crippen LogP contribution < -0.4 is 0 Å². The van der Waals surface area contributed by atoms with E-state index in [-0.39, 0.29) is 24.0 Å². The first kappa shape index (κ1) is 15.9. The lowest BCUT2D eigenvalue weighted by molar-refractivity contribution is -0.131. The molecule has 1 aliphatic heterocycles. The van der Waals surface area contributed by atoms with Crippen molar-refractivity contribution in [2.75, 3.05) is 13.1 Å². The van der Waals surface area contributed by atoms with Crippen molar-refractivity contribution >= 4 is 17.4 Å². The van der Waals surface area contributed by atoms with Crippen LogP contribution in [0.25, 0.3) is 5.57 Å². The zero-order chi connectivity index (χ0) is 17.1. The Labute approximate surface area is 137 Å². The lowest BCUT2D eigenvalue weighted by Gasteiger charge is -2.26. The van der Waals surface area contributed by atoms with Crippen molar-refractivity contribution in [3.05, 3.63) is 53.6 Å². The van der Waals surface area contributed by atoms with Crippen LogP contribution >= 0.6 is 0 Å². The predicted octanol–water partition coefficient (Wildman–Crippen LogP) is 1.43. The van der Waals surface area contributed by atoms with Gasteiger partial charge in [0.05, 0.1) is 6.20 Å². The van der Waals surface area contributed by atoms with Crippen LogP contribution in [0.15, 0.2) is 36.5 Å². The normalized spacial score (nSPS) is 14.4. The third kappa shape index (κ3) is 3.48. The van der Waals surface area contributed by atoms with Gasteiger partial charge in [-0.1, -0.05) is 23.4 Å². The Morgan fingerprint density at radius 2 is 2.00 bits per heavy atom. The van der Waals surface area contributed by atoms with Gasteiger partial charge in [0.25, 0.3) is 0 Å². The van der Waals surface area contributed by atoms with Gasteiger partial charge in [-0.15, -0.1) is 5.10 Å². The first-order chi connectivity index (χ1) is 11.5. The molecular weight excluding hydrogens is 315 g/mol. The number of carbonyl (C=O) groups excluding carboxylic acids is 1. The molecule has 0 aliphatic carbocycles. The number of halogens is 1. The summed E-state index contributed by atoms with van der Waals surface area (Å²) in [5, 5.41) is 15.9. The van der Waals surface area contributed by atoms with Gasteiger partial charge in [0, 0.05) is 13.1 Å². The van der Waals surface area contributed by atoms with Crippen molar-refractivity contribution in [2.45, 2.75) is 13.0 Å². The van der Waals surface area contributed by atoms with E-state index >= 15 is 0 Å². The number of benzene rings is 1. The Bertz CT molecular complexity index is 798. The molecule has 1 aliphatic rings. The van der Waals surface area contributed by atoms with Crippen LogP contribution in [-0.4, -0.2) is 50.0 Å². The topological polar surface area (TPSA) is 88.3 Å². The number of carboxylic acids is 1. The van der Waals surface area contributed by atoms with Crippen molar-refractivity contribution < 1.29 is 19.1 Å². The fraction of sp³-hybridized carbons (Fsp3) is 0.250. The summed E-state index contributed by atoms with van der Waals surface area (Å²) in [6.45, 7) is 0.939. The molecule has 2 heterocycles. The highest BCUT2D eigenvalue weighted by Crippen LogP contribution is 2.22. The van der Waals surface area contributed by atoms with Crippen molar-refractivity contribution in [2.24, 2.45) is 0 Å². The predicted molar refractivity (Wildman–Crippen MR) is 82.6 cm³/mol. The molecule has 0 saturated heterocycles. The SMILES string of the molecule is O=C(O)c1cn(CC(=O)N2CC=C(c3ccc(F)cc3)CC2)nn1. The number of aromatic carboxylic acids is 1. The summed E-state index contributed by atoms with van der Waals surface area (Å²) in [5.74, 6) is -1.62. The minimum atomic E-state index is -1.18. The van der Waals surface area contributed by atoms with E-state index < -0.39 is 5.97 Å². The largest absolute Gasteiger partial charge is 0.476 e. The lowest BCUT2D eigenvalue weighted by Crippen LogP contribution is -2.37. The zero-order valence-corrected chi connectivity index (χ0v) is 12.7. The maximum atomic E-state index is 13.0. The molecule has 1 aromatic heterocycles. The summed E-state index contributed by atoms with van der Waals surface area (Å²) in [4.78, 5) is 24.7. The van der Waals surface area contributed by atoms with Gasteiger partial charge in [0.1, 0.15) is 12.4 Å². The van der Waals surface area contributed by atoms with E-state index in [1.807, 2.05) is 6.08 Å². The summed E-state index contributed by atoms with van der Waals surface area (Å²) >= 11 is 0. The molecule has 124 valence electrons. The zero-order valence-electron chi connectivity index (χ0n) is 12.7. The van der Waals surface area contributed by atoms with Gasteiger partial charge < -0.3 is 10.0 Å². The highest BCUT2D eigenvalue weighted by atomic mass is 19.1. The van der Waals surface area contributed by atoms with Crippen molar-refractivity contribution in [3.63, 3.8) is 0 Å². The van der Waals surface area contributed by atoms with Crippen LogP contribution in [0.3, 0.4) is 0 Å². The Hall–Kier alpha value is -3.03. The van der Waals surface area contributed by atoms with Gasteiger partial charge in [-0.25, -0.2) is 13.9 Å². The first-order valence-electron chi connectivity index (χ1n) is 7.39. The summed E-state index contributed by atoms with van der Waals surface area (Å²) in [5.41, 5.74) is 1.83. The second-order valence-electron chi connectivity index (χ2n) is 5.43. The van der Waals surface area contributed by atoms with Gasteiger partial charge in [-0.3, -0.25) is 4.79 Å². The van der Waals surface area contributed by atoms with Crippen LogP contribution in [0.1, 0.15) is 22.5 Å². The number of carbonyl (C=O) groups is 2. The molecule has 8 heteroatoms. The van der Waals surface area contributed by atoms with E-state index in [2.05, 4.69) is 10.3 Å². The van der Waals surface area contributed by atoms with E-state index in [0.717, 1.165) is 11.1 Å². The fourth-order valence-electron chi connectivity index (χ4n) is 2.53. The van der Waals surface area contributed by atoms with Crippen molar-refractivity contribution in [1.82, 2.24) is 19.9 Å². The standard InChI is InChI=1S/C16H15FN4O3/c17-13-3-1-11(2-4-13)12-5-7-20(8-6-12)15(22)10-21-9-14(16(23)24)18-19-21/h1-5,9H,6-8,10H2,(H,23,24). The molecule has 24 heavy (non-hydrogen) atoms. The van der Waals surface area contributed by atoms with Gasteiger partial charge in [0.15, 0.2) is 5.69 Å². The summed E-state index contributed by atoms with van der Waals surface area (Å²) in [6.07, 6.45) is 3.84. The summed E-state index contributed by atoms with van der Waals surface area (Å²) in [6, 6.07) is 6.28. The number of amides is 1. The molecule has 0 fully saturated rings. The Balaban J connectivity index is 1.61. The number of nitrogens with zero attached hydrogens (tertiary/aromatic N) is 4. The molecule has 0 atom stereocenters. The maximum absolute atomic E-state index is 13.0. The minimum Gasteiger partial charge on any atom is -0.476 e. The Morgan fingerprint density at radius 1 is 1.25 bits per heavy atom. The molecule has 0 bridgehead atoms. The van der Waals surface area contributed by atoms with E-state index in [4.69, 9.17) is 5.11 Å². The molecule has 7 nitrogen and oxygen atoms in total. The van der Waals surface area contributed by atoms with Crippen LogP contribution in [0.5, 0.6) is 0 Å². The minimum absolute atomic E-state index is 0.0556. The first-order valence-corrected chi connectivity index (χ1v) is 7.39. The molecular formula is C16H15FN4O3. The van der Waals surface area contributed by atoms with Gasteiger partial charge >= 0.3 is 5.97 Å². The summed E-state index contributed by atoms with van der Waals surface area (Å²) < 4.78 is 14.2. The fourth-order valence-corrected chi connectivity index (χ4v) is 2.53. The maximum Gasteiger partial charge on any atom is 0.358 e. The lowest BCUT2D eigenvalue weighted by atomic mass is 9.99. The second-order valence-corrected chi connectivity index (χ2v) is 5.43. The highest BCUT2D eigenvalue weighted by molar-refractivity contribution is 5.85. The summed E-state index contributed by atoms with van der Waals surface area (Å²) in [7, 11) is 0. The van der Waals surface area contributed by atoms with E-state index in [1.54, 1.807) is 17.0 Å². The smallest absolute Gasteiger partial charge is 0.358 e. The van der Waals surface area contributed by atoms with E-state index in [0.29, 0.717) is 19.5 Å². The third-order valence-electron chi connectivity index (χ3n) is 3.83. The number of rotatable bonds is 4. The van der Waals surface area contributed by atoms with Gasteiger partial charge in [0.2, 0.25) is 5.91 Å². The molecule has 2 aromatic rings. The van der Waals surface area contributed by atoms with Gasteiger partial charge in [-0.05, 0) is 29.7 Å². The van der Waals surface area contributed by atoms with E-state index in [1.165, 1.54) is 23.0 Å². The highest BCUT2D eigenvalue weighted by Gasteiger charge is 2.19. The molecule has 0 spiro atoms. The van der Waals surface area contributed by atoms with Crippen LogP contribution in [0.2, 0.25) is 0 Å². The van der Waals surface area contributed by atoms with E-state index in [9.17, 15) is 14.0 Å². The average Bonchev–Trinajstić information content (AvgIpc) is 3.04. The number of hydrogen-bond donors (Lipinski definition) is 1. The quantitative estimate of drug-likeness (QED) is 0.916. The molecule has 0 saturated carbocycles. The molecule has 1 aromatic carbocycles. The van der Waals surface area contributed by atoms with Crippen molar-refractivity contribution in [1.29, 1.82) is 0 Å². The third-order valence-corrected chi connectivity index (χ3v) is 3.83. The second kappa shape index (κ2) is 6.61. The van der Waals surface area contributed by atoms with Crippen molar-refractivity contribution in [3.8, 4) is 0 Å². The average molecular weight is 330 g/mol. The monoisotopic (exact) mass is 330 g/mol. The number of aromatic nitrogens is 3. The Kier molecular flexibility index (Phi) is 4.37. The molecule has 3 rings (SSSR count). The van der Waals surface area contributed by atoms with Gasteiger partial charge in [-0.2, -0.15) is 0 Å².